The first kappa shape index (κ1) is 14.5. The maximum atomic E-state index is 8.26. The number of rotatable bonds is 2. The molecule has 0 spiro atoms. The molecular weight excluding hydrogens is 228 g/mol. The van der Waals surface area contributed by atoms with Gasteiger partial charge in [0.2, 0.25) is 0 Å². The van der Waals surface area contributed by atoms with Crippen molar-refractivity contribution in [1.82, 2.24) is 0 Å². The van der Waals surface area contributed by atoms with Crippen LogP contribution in [0, 0.1) is 0 Å². The summed E-state index contributed by atoms with van der Waals surface area (Å²) < 4.78 is 39.0. The summed E-state index contributed by atoms with van der Waals surface area (Å²) in [5, 5.41) is 0. The zero-order chi connectivity index (χ0) is 11.0. The van der Waals surface area contributed by atoms with Crippen LogP contribution < -0.4 is 0 Å². The van der Waals surface area contributed by atoms with Gasteiger partial charge in [-0.15, -0.1) is 0 Å². The molecule has 1 saturated heterocycles. The first-order valence-electron chi connectivity index (χ1n) is 4.42. The summed E-state index contributed by atoms with van der Waals surface area (Å²) in [6.07, 6.45) is -0.324. The van der Waals surface area contributed by atoms with E-state index in [0.717, 1.165) is 26.4 Å². The van der Waals surface area contributed by atoms with E-state index >= 15 is 0 Å². The Kier molecular flexibility index (Phi) is 7.99. The van der Waals surface area contributed by atoms with E-state index in [1.807, 2.05) is 0 Å². The normalized spacial score (nSPS) is 17.6. The van der Waals surface area contributed by atoms with Crippen LogP contribution in [-0.2, 0) is 30.9 Å². The standard InChI is InChI=1S/C4H8O2.C3H7O.3H2O.Ti/c1-2-6-4-3-5-1;1-3(2)4;;;;/h1-4H2;3H,1-2H3;3*1H2;/q;-1;;;;+4/p-3. The molecule has 0 aliphatic carbocycles. The van der Waals surface area contributed by atoms with Crippen molar-refractivity contribution in [3.63, 3.8) is 0 Å². The van der Waals surface area contributed by atoms with Gasteiger partial charge in [-0.3, -0.25) is 0 Å². The number of hydrogen-bond donors (Lipinski definition) is 3. The van der Waals surface area contributed by atoms with Crippen LogP contribution in [0.25, 0.3) is 0 Å². The van der Waals surface area contributed by atoms with Crippen LogP contribution in [0.5, 0.6) is 0 Å². The molecule has 0 bridgehead atoms. The van der Waals surface area contributed by atoms with Crippen molar-refractivity contribution in [1.29, 1.82) is 0 Å². The van der Waals surface area contributed by atoms with E-state index in [2.05, 4.69) is 3.32 Å². The second-order valence-electron chi connectivity index (χ2n) is 2.97. The molecule has 0 aromatic heterocycles. The summed E-state index contributed by atoms with van der Waals surface area (Å²) >= 11 is -4.66. The van der Waals surface area contributed by atoms with Gasteiger partial charge in [-0.1, -0.05) is 0 Å². The fourth-order valence-electron chi connectivity index (χ4n) is 0.756. The molecule has 3 N–H and O–H groups in total. The topological polar surface area (TPSA) is 88.4 Å². The third-order valence-corrected chi connectivity index (χ3v) is 2.37. The third-order valence-electron chi connectivity index (χ3n) is 1.14. The first-order chi connectivity index (χ1) is 6.42. The molecule has 0 amide bonds. The second-order valence-corrected chi connectivity index (χ2v) is 5.13. The summed E-state index contributed by atoms with van der Waals surface area (Å²) in [6, 6.07) is 0. The molecule has 1 aliphatic rings. The van der Waals surface area contributed by atoms with Gasteiger partial charge in [-0.05, 0) is 0 Å². The predicted octanol–water partition coefficient (Wildman–Crippen LogP) is -0.765. The Labute approximate surface area is 88.7 Å². The Bertz CT molecular complexity index is 119. The third kappa shape index (κ3) is 12.5. The van der Waals surface area contributed by atoms with E-state index in [1.165, 1.54) is 0 Å². The average molecular weight is 246 g/mol. The van der Waals surface area contributed by atoms with Crippen molar-refractivity contribution >= 4 is 0 Å². The molecule has 7 heteroatoms. The molecule has 0 aromatic rings. The van der Waals surface area contributed by atoms with Crippen molar-refractivity contribution in [3.05, 3.63) is 0 Å². The van der Waals surface area contributed by atoms with Gasteiger partial charge in [0.25, 0.3) is 0 Å². The van der Waals surface area contributed by atoms with E-state index in [4.69, 9.17) is 20.5 Å². The second kappa shape index (κ2) is 7.73. The summed E-state index contributed by atoms with van der Waals surface area (Å²) in [6.45, 7) is 6.34. The quantitative estimate of drug-likeness (QED) is 0.555. The Morgan fingerprint density at radius 2 is 1.36 bits per heavy atom. The fraction of sp³-hybridized carbons (Fsp3) is 1.00. The molecule has 6 nitrogen and oxygen atoms in total. The molecule has 0 atom stereocenters. The van der Waals surface area contributed by atoms with E-state index in [1.54, 1.807) is 13.8 Å². The van der Waals surface area contributed by atoms with Crippen LogP contribution in [0.3, 0.4) is 0 Å². The van der Waals surface area contributed by atoms with E-state index in [0.29, 0.717) is 0 Å². The fourth-order valence-corrected chi connectivity index (χ4v) is 1.74. The van der Waals surface area contributed by atoms with Crippen LogP contribution in [0.1, 0.15) is 13.8 Å². The van der Waals surface area contributed by atoms with Gasteiger partial charge in [0, 0.05) is 0 Å². The molecule has 0 aromatic carbocycles. The van der Waals surface area contributed by atoms with Gasteiger partial charge in [-0.25, -0.2) is 0 Å². The van der Waals surface area contributed by atoms with Crippen LogP contribution >= 0.6 is 0 Å². The zero-order valence-electron chi connectivity index (χ0n) is 8.47. The Morgan fingerprint density at radius 3 is 1.43 bits per heavy atom. The van der Waals surface area contributed by atoms with E-state index in [-0.39, 0.29) is 6.10 Å². The maximum absolute atomic E-state index is 8.26. The van der Waals surface area contributed by atoms with Crippen molar-refractivity contribution in [2.45, 2.75) is 20.0 Å². The molecule has 86 valence electrons. The van der Waals surface area contributed by atoms with Gasteiger partial charge < -0.3 is 9.47 Å². The average Bonchev–Trinajstić information content (AvgIpc) is 2.03. The molecule has 14 heavy (non-hydrogen) atoms. The van der Waals surface area contributed by atoms with Crippen LogP contribution in [0.15, 0.2) is 0 Å². The molecule has 0 saturated carbocycles. The minimum absolute atomic E-state index is 0.324. The Hall–Kier alpha value is 0.474. The molecular formula is C7H18O6Ti. The molecule has 1 aliphatic heterocycles. The van der Waals surface area contributed by atoms with Crippen LogP contribution in [-0.4, -0.2) is 43.6 Å². The van der Waals surface area contributed by atoms with Crippen LogP contribution in [0.2, 0.25) is 0 Å². The van der Waals surface area contributed by atoms with E-state index < -0.39 is 18.1 Å². The van der Waals surface area contributed by atoms with Gasteiger partial charge in [0.15, 0.2) is 0 Å². The van der Waals surface area contributed by atoms with Gasteiger partial charge in [0.1, 0.15) is 0 Å². The molecule has 1 heterocycles. The molecule has 1 fully saturated rings. The monoisotopic (exact) mass is 246 g/mol. The number of hydrogen-bond acceptors (Lipinski definition) is 6. The Balaban J connectivity index is 0.000000249. The van der Waals surface area contributed by atoms with Gasteiger partial charge in [0.05, 0.1) is 26.4 Å². The summed E-state index contributed by atoms with van der Waals surface area (Å²) in [4.78, 5) is 0. The SMILES string of the molecule is C1COCCO1.CC(C)[O][Ti]([OH])([OH])[OH]. The van der Waals surface area contributed by atoms with Crippen LogP contribution in [0.4, 0.5) is 0 Å². The minimum atomic E-state index is -4.66. The van der Waals surface area contributed by atoms with E-state index in [9.17, 15) is 0 Å². The predicted molar refractivity (Wildman–Crippen MR) is 44.5 cm³/mol. The summed E-state index contributed by atoms with van der Waals surface area (Å²) in [7, 11) is 0. The van der Waals surface area contributed by atoms with Crippen molar-refractivity contribution < 1.29 is 42.0 Å². The zero-order valence-corrected chi connectivity index (χ0v) is 10.0. The Morgan fingerprint density at radius 1 is 1.00 bits per heavy atom. The van der Waals surface area contributed by atoms with Crippen molar-refractivity contribution in [2.24, 2.45) is 0 Å². The first-order valence-corrected chi connectivity index (χ1v) is 7.15. The summed E-state index contributed by atoms with van der Waals surface area (Å²) in [5.41, 5.74) is 0. The number of ether oxygens (including phenoxy) is 2. The summed E-state index contributed by atoms with van der Waals surface area (Å²) in [5.74, 6) is 0. The van der Waals surface area contributed by atoms with Gasteiger partial charge in [-0.2, -0.15) is 0 Å². The van der Waals surface area contributed by atoms with Crippen molar-refractivity contribution in [3.8, 4) is 0 Å². The van der Waals surface area contributed by atoms with Crippen molar-refractivity contribution in [2.75, 3.05) is 26.4 Å². The van der Waals surface area contributed by atoms with Gasteiger partial charge >= 0.3 is 52.5 Å². The molecule has 0 unspecified atom stereocenters. The molecule has 1 rings (SSSR count). The molecule has 0 radical (unpaired) electrons.